The van der Waals surface area contributed by atoms with Gasteiger partial charge in [0.15, 0.2) is 0 Å². The summed E-state index contributed by atoms with van der Waals surface area (Å²) in [5, 5.41) is 2.17. The van der Waals surface area contributed by atoms with E-state index < -0.39 is 23.7 Å². The van der Waals surface area contributed by atoms with E-state index in [1.807, 2.05) is 7.05 Å². The number of hydrogen-bond acceptors (Lipinski definition) is 2. The van der Waals surface area contributed by atoms with Gasteiger partial charge in [0.1, 0.15) is 6.04 Å². The van der Waals surface area contributed by atoms with Crippen molar-refractivity contribution in [3.05, 3.63) is 0 Å². The van der Waals surface area contributed by atoms with Crippen LogP contribution < -0.4 is 5.32 Å². The minimum Gasteiger partial charge on any atom is -0.326 e. The van der Waals surface area contributed by atoms with Crippen LogP contribution in [0, 0.1) is 5.41 Å². The van der Waals surface area contributed by atoms with Crippen LogP contribution in [0.4, 0.5) is 18.0 Å². The van der Waals surface area contributed by atoms with Crippen molar-refractivity contribution in [3.8, 4) is 0 Å². The number of carbonyl (C=O) groups is 1. The summed E-state index contributed by atoms with van der Waals surface area (Å²) in [6.07, 6.45) is -3.78. The van der Waals surface area contributed by atoms with Crippen LogP contribution in [-0.4, -0.2) is 61.3 Å². The third-order valence-corrected chi connectivity index (χ3v) is 3.52. The summed E-state index contributed by atoms with van der Waals surface area (Å²) >= 11 is 0. The maximum atomic E-state index is 13.1. The molecule has 2 amide bonds. The molecule has 0 spiro atoms. The molecule has 0 radical (unpaired) electrons. The van der Waals surface area contributed by atoms with Crippen molar-refractivity contribution in [2.75, 3.05) is 33.2 Å². The molecule has 1 aliphatic heterocycles. The molecule has 0 unspecified atom stereocenters. The van der Waals surface area contributed by atoms with Gasteiger partial charge in [-0.1, -0.05) is 20.8 Å². The Labute approximate surface area is 124 Å². The summed E-state index contributed by atoms with van der Waals surface area (Å²) in [6, 6.07) is -2.41. The number of nitrogens with one attached hydrogen (secondary N) is 1. The fourth-order valence-corrected chi connectivity index (χ4v) is 2.35. The molecule has 124 valence electrons. The predicted octanol–water partition coefficient (Wildman–Crippen LogP) is 2.70. The fourth-order valence-electron chi connectivity index (χ4n) is 2.35. The highest BCUT2D eigenvalue weighted by Crippen LogP contribution is 2.30. The number of likely N-dealkylation sites (N-methyl/N-ethyl adjacent to an activating group) is 1. The number of alkyl halides is 3. The highest BCUT2D eigenvalue weighted by atomic mass is 19.4. The van der Waals surface area contributed by atoms with Crippen LogP contribution >= 0.6 is 0 Å². The molecule has 7 heteroatoms. The second kappa shape index (κ2) is 6.85. The van der Waals surface area contributed by atoms with Gasteiger partial charge in [0, 0.05) is 19.6 Å². The number of amides is 2. The Morgan fingerprint density at radius 3 is 2.29 bits per heavy atom. The Kier molecular flexibility index (Phi) is 5.90. The lowest BCUT2D eigenvalue weighted by Crippen LogP contribution is -2.52. The van der Waals surface area contributed by atoms with Crippen molar-refractivity contribution < 1.29 is 18.0 Å². The van der Waals surface area contributed by atoms with Crippen molar-refractivity contribution in [3.63, 3.8) is 0 Å². The van der Waals surface area contributed by atoms with Gasteiger partial charge in [-0.3, -0.25) is 0 Å². The number of urea groups is 1. The minimum absolute atomic E-state index is 0.129. The van der Waals surface area contributed by atoms with Crippen LogP contribution in [0.25, 0.3) is 0 Å². The van der Waals surface area contributed by atoms with Gasteiger partial charge in [-0.15, -0.1) is 0 Å². The van der Waals surface area contributed by atoms with E-state index in [0.717, 1.165) is 13.0 Å². The van der Waals surface area contributed by atoms with Crippen LogP contribution in [0.1, 0.15) is 33.6 Å². The molecule has 4 nitrogen and oxygen atoms in total. The van der Waals surface area contributed by atoms with Gasteiger partial charge in [0.2, 0.25) is 0 Å². The maximum absolute atomic E-state index is 13.1. The van der Waals surface area contributed by atoms with Crippen molar-refractivity contribution >= 4 is 6.03 Å². The average Bonchev–Trinajstić information content (AvgIpc) is 2.50. The summed E-state index contributed by atoms with van der Waals surface area (Å²) < 4.78 is 39.2. The van der Waals surface area contributed by atoms with Gasteiger partial charge >= 0.3 is 12.2 Å². The summed E-state index contributed by atoms with van der Waals surface area (Å²) in [5.41, 5.74) is -0.507. The lowest BCUT2D eigenvalue weighted by molar-refractivity contribution is -0.159. The van der Waals surface area contributed by atoms with Crippen LogP contribution in [0.5, 0.6) is 0 Å². The molecular formula is C14H26F3N3O. The largest absolute Gasteiger partial charge is 0.408 e. The van der Waals surface area contributed by atoms with Gasteiger partial charge in [-0.2, -0.15) is 13.2 Å². The Hall–Kier alpha value is -0.980. The van der Waals surface area contributed by atoms with E-state index in [4.69, 9.17) is 0 Å². The first-order chi connectivity index (χ1) is 9.49. The molecule has 0 aliphatic carbocycles. The normalized spacial score (nSPS) is 20.0. The fraction of sp³-hybridized carbons (Fsp3) is 0.929. The number of nitrogens with zero attached hydrogens (tertiary/aromatic N) is 2. The Balaban J connectivity index is 2.67. The number of rotatable bonds is 2. The van der Waals surface area contributed by atoms with Crippen molar-refractivity contribution in [2.45, 2.75) is 45.8 Å². The monoisotopic (exact) mass is 309 g/mol. The van der Waals surface area contributed by atoms with E-state index in [2.05, 4.69) is 10.2 Å². The Morgan fingerprint density at radius 2 is 1.76 bits per heavy atom. The summed E-state index contributed by atoms with van der Waals surface area (Å²) in [6.45, 7) is 7.70. The quantitative estimate of drug-likeness (QED) is 0.851. The van der Waals surface area contributed by atoms with Crippen LogP contribution in [0.2, 0.25) is 0 Å². The number of hydrogen-bond donors (Lipinski definition) is 1. The van der Waals surface area contributed by atoms with Crippen molar-refractivity contribution in [2.24, 2.45) is 5.41 Å². The Morgan fingerprint density at radius 1 is 1.14 bits per heavy atom. The lowest BCUT2D eigenvalue weighted by Gasteiger charge is -2.30. The highest BCUT2D eigenvalue weighted by Gasteiger charge is 2.43. The summed E-state index contributed by atoms with van der Waals surface area (Å²) in [7, 11) is 1.94. The zero-order valence-electron chi connectivity index (χ0n) is 13.3. The van der Waals surface area contributed by atoms with Crippen LogP contribution in [0.15, 0.2) is 0 Å². The van der Waals surface area contributed by atoms with Crippen LogP contribution in [-0.2, 0) is 0 Å². The van der Waals surface area contributed by atoms with Crippen molar-refractivity contribution in [1.82, 2.24) is 15.1 Å². The van der Waals surface area contributed by atoms with E-state index in [1.54, 1.807) is 20.8 Å². The minimum atomic E-state index is -4.43. The first kappa shape index (κ1) is 18.1. The van der Waals surface area contributed by atoms with Gasteiger partial charge in [0.05, 0.1) is 0 Å². The summed E-state index contributed by atoms with van der Waals surface area (Å²) in [4.78, 5) is 15.6. The lowest BCUT2D eigenvalue weighted by atomic mass is 9.88. The molecule has 1 rings (SSSR count). The second-order valence-electron chi connectivity index (χ2n) is 6.95. The predicted molar refractivity (Wildman–Crippen MR) is 76.1 cm³/mol. The molecule has 0 aromatic rings. The van der Waals surface area contributed by atoms with Gasteiger partial charge < -0.3 is 15.1 Å². The van der Waals surface area contributed by atoms with E-state index >= 15 is 0 Å². The number of halogens is 3. The molecule has 0 aromatic heterocycles. The average molecular weight is 309 g/mol. The molecule has 0 saturated carbocycles. The van der Waals surface area contributed by atoms with E-state index in [1.165, 1.54) is 4.90 Å². The van der Waals surface area contributed by atoms with Gasteiger partial charge in [-0.25, -0.2) is 4.79 Å². The molecule has 1 fully saturated rings. The topological polar surface area (TPSA) is 35.6 Å². The van der Waals surface area contributed by atoms with E-state index in [-0.39, 0.29) is 6.42 Å². The molecule has 0 bridgehead atoms. The standard InChI is InChI=1S/C14H26F3N3O/c1-13(2,3)10-11(14(15,16)17)18-12(21)20-7-5-6-19(4)8-9-20/h11H,5-10H2,1-4H3,(H,18,21)/t11-/m1/s1. The summed E-state index contributed by atoms with van der Waals surface area (Å²) in [5.74, 6) is 0. The molecule has 1 aliphatic rings. The van der Waals surface area contributed by atoms with E-state index in [0.29, 0.717) is 19.6 Å². The van der Waals surface area contributed by atoms with Gasteiger partial charge in [-0.05, 0) is 31.8 Å². The zero-order chi connectivity index (χ0) is 16.3. The molecule has 21 heavy (non-hydrogen) atoms. The maximum Gasteiger partial charge on any atom is 0.408 e. The molecular weight excluding hydrogens is 283 g/mol. The zero-order valence-corrected chi connectivity index (χ0v) is 13.3. The van der Waals surface area contributed by atoms with Gasteiger partial charge in [0.25, 0.3) is 0 Å². The molecule has 0 aromatic carbocycles. The highest BCUT2D eigenvalue weighted by molar-refractivity contribution is 5.74. The smallest absolute Gasteiger partial charge is 0.326 e. The molecule has 1 N–H and O–H groups in total. The molecule has 1 atom stereocenters. The first-order valence-corrected chi connectivity index (χ1v) is 7.30. The molecule has 1 saturated heterocycles. The third kappa shape index (κ3) is 6.54. The van der Waals surface area contributed by atoms with Crippen molar-refractivity contribution in [1.29, 1.82) is 0 Å². The number of carbonyl (C=O) groups excluding carboxylic acids is 1. The van der Waals surface area contributed by atoms with Crippen LogP contribution in [0.3, 0.4) is 0 Å². The van der Waals surface area contributed by atoms with E-state index in [9.17, 15) is 18.0 Å². The Bertz CT molecular complexity index is 352. The molecule has 1 heterocycles. The first-order valence-electron chi connectivity index (χ1n) is 7.30. The third-order valence-electron chi connectivity index (χ3n) is 3.52. The SMILES string of the molecule is CN1CCCN(C(=O)N[C@H](CC(C)(C)C)C(F)(F)F)CC1. The second-order valence-corrected chi connectivity index (χ2v) is 6.95.